The Bertz CT molecular complexity index is 1020. The van der Waals surface area contributed by atoms with E-state index in [1.807, 2.05) is 30.3 Å². The van der Waals surface area contributed by atoms with E-state index in [-0.39, 0.29) is 6.61 Å². The van der Waals surface area contributed by atoms with Gasteiger partial charge in [-0.3, -0.25) is 5.32 Å². The maximum absolute atomic E-state index is 11.9. The predicted octanol–water partition coefficient (Wildman–Crippen LogP) is 3.56. The maximum Gasteiger partial charge on any atom is 0.413 e. The smallest absolute Gasteiger partial charge is 0.413 e. The topological polar surface area (TPSA) is 104 Å². The molecule has 3 aromatic rings. The van der Waals surface area contributed by atoms with E-state index in [1.54, 1.807) is 57.0 Å². The van der Waals surface area contributed by atoms with Crippen LogP contribution in [0.5, 0.6) is 0 Å². The van der Waals surface area contributed by atoms with Gasteiger partial charge in [-0.05, 0) is 48.9 Å². The van der Waals surface area contributed by atoms with Crippen molar-refractivity contribution in [3.05, 3.63) is 71.9 Å². The summed E-state index contributed by atoms with van der Waals surface area (Å²) in [5.41, 5.74) is 1.72. The zero-order chi connectivity index (χ0) is 21.6. The Kier molecular flexibility index (Phi) is 6.41. The molecule has 0 aliphatic heterocycles. The lowest BCUT2D eigenvalue weighted by molar-refractivity contribution is 0.0635. The van der Waals surface area contributed by atoms with Crippen LogP contribution >= 0.6 is 0 Å². The number of aryl methyl sites for hydroxylation is 1. The van der Waals surface area contributed by atoms with Crippen molar-refractivity contribution in [2.24, 2.45) is 7.05 Å². The minimum atomic E-state index is -0.585. The molecule has 2 aromatic heterocycles. The van der Waals surface area contributed by atoms with Crippen LogP contribution in [0, 0.1) is 0 Å². The molecule has 30 heavy (non-hydrogen) atoms. The first-order valence-electron chi connectivity index (χ1n) is 9.38. The van der Waals surface area contributed by atoms with Crippen molar-refractivity contribution >= 4 is 17.5 Å². The van der Waals surface area contributed by atoms with E-state index >= 15 is 0 Å². The summed E-state index contributed by atoms with van der Waals surface area (Å²) in [4.78, 5) is 16.3. The Morgan fingerprint density at radius 1 is 1.13 bits per heavy atom. The maximum atomic E-state index is 11.9. The number of rotatable bonds is 6. The van der Waals surface area contributed by atoms with Gasteiger partial charge in [-0.25, -0.2) is 14.5 Å². The zero-order valence-electron chi connectivity index (χ0n) is 17.4. The van der Waals surface area contributed by atoms with Crippen LogP contribution < -0.4 is 5.32 Å². The summed E-state index contributed by atoms with van der Waals surface area (Å²) in [6.07, 6.45) is 1.05. The van der Waals surface area contributed by atoms with Crippen molar-refractivity contribution < 1.29 is 14.3 Å². The Morgan fingerprint density at radius 3 is 2.57 bits per heavy atom. The van der Waals surface area contributed by atoms with E-state index in [2.05, 4.69) is 25.8 Å². The molecule has 1 N–H and O–H groups in total. The molecule has 0 spiro atoms. The highest BCUT2D eigenvalue weighted by atomic mass is 16.6. The Balaban J connectivity index is 1.71. The lowest BCUT2D eigenvalue weighted by atomic mass is 10.1. The molecule has 1 amide bonds. The molecule has 0 atom stereocenters. The number of hydrogen-bond donors (Lipinski definition) is 1. The predicted molar refractivity (Wildman–Crippen MR) is 111 cm³/mol. The van der Waals surface area contributed by atoms with Crippen LogP contribution in [0.25, 0.3) is 5.57 Å². The summed E-state index contributed by atoms with van der Waals surface area (Å²) in [5, 5.41) is 14.3. The van der Waals surface area contributed by atoms with E-state index in [4.69, 9.17) is 9.47 Å². The van der Waals surface area contributed by atoms with Crippen molar-refractivity contribution in [1.29, 1.82) is 0 Å². The van der Waals surface area contributed by atoms with Gasteiger partial charge in [0.05, 0.1) is 17.5 Å². The first-order valence-corrected chi connectivity index (χ1v) is 9.38. The molecule has 9 nitrogen and oxygen atoms in total. The summed E-state index contributed by atoms with van der Waals surface area (Å²) in [6, 6.07) is 15.0. The van der Waals surface area contributed by atoms with Gasteiger partial charge >= 0.3 is 6.09 Å². The van der Waals surface area contributed by atoms with Crippen molar-refractivity contribution in [2.75, 3.05) is 5.32 Å². The fourth-order valence-corrected chi connectivity index (χ4v) is 2.57. The highest BCUT2D eigenvalue weighted by Crippen LogP contribution is 2.21. The molecule has 0 aliphatic rings. The van der Waals surface area contributed by atoms with E-state index in [0.717, 1.165) is 11.1 Å². The third-order valence-electron chi connectivity index (χ3n) is 3.81. The van der Waals surface area contributed by atoms with Gasteiger partial charge in [0.2, 0.25) is 0 Å². The second-order valence-corrected chi connectivity index (χ2v) is 7.48. The average molecular weight is 408 g/mol. The summed E-state index contributed by atoms with van der Waals surface area (Å²) in [5.74, 6) is 0.963. The number of anilines is 1. The number of pyridine rings is 1. The number of aromatic nitrogens is 5. The summed E-state index contributed by atoms with van der Waals surface area (Å²) in [7, 11) is 1.76. The van der Waals surface area contributed by atoms with E-state index in [1.165, 1.54) is 0 Å². The normalized spacial score (nSPS) is 11.8. The fraction of sp³-hybridized carbons (Fsp3) is 0.286. The first-order chi connectivity index (χ1) is 14.3. The largest absolute Gasteiger partial charge is 0.494 e. The van der Waals surface area contributed by atoms with Crippen LogP contribution in [-0.4, -0.2) is 36.9 Å². The number of nitrogens with one attached hydrogen (secondary N) is 1. The van der Waals surface area contributed by atoms with Gasteiger partial charge in [0.1, 0.15) is 18.0 Å². The summed E-state index contributed by atoms with van der Waals surface area (Å²) >= 11 is 0. The van der Waals surface area contributed by atoms with E-state index < -0.39 is 11.7 Å². The number of amides is 1. The zero-order valence-corrected chi connectivity index (χ0v) is 17.4. The lowest BCUT2D eigenvalue weighted by Gasteiger charge is -2.19. The highest BCUT2D eigenvalue weighted by Gasteiger charge is 2.17. The minimum Gasteiger partial charge on any atom is -0.494 e. The number of carbonyl (C=O) groups is 1. The minimum absolute atomic E-state index is 0.200. The van der Waals surface area contributed by atoms with Crippen LogP contribution in [0.4, 0.5) is 10.6 Å². The monoisotopic (exact) mass is 408 g/mol. The molecular formula is C21H24N6O3. The first kappa shape index (κ1) is 21.0. The molecular weight excluding hydrogens is 384 g/mol. The lowest BCUT2D eigenvalue weighted by Crippen LogP contribution is -2.27. The molecule has 0 aliphatic carbocycles. The molecule has 3 rings (SSSR count). The second kappa shape index (κ2) is 9.17. The molecule has 0 saturated heterocycles. The summed E-state index contributed by atoms with van der Waals surface area (Å²) in [6.45, 7) is 5.60. The Morgan fingerprint density at radius 2 is 1.90 bits per heavy atom. The fourth-order valence-electron chi connectivity index (χ4n) is 2.57. The second-order valence-electron chi connectivity index (χ2n) is 7.48. The highest BCUT2D eigenvalue weighted by molar-refractivity contribution is 5.83. The molecule has 9 heteroatoms. The number of ether oxygens (including phenoxy) is 2. The van der Waals surface area contributed by atoms with Gasteiger partial charge in [0.15, 0.2) is 5.82 Å². The van der Waals surface area contributed by atoms with Crippen molar-refractivity contribution in [2.45, 2.75) is 33.0 Å². The van der Waals surface area contributed by atoms with Gasteiger partial charge in [0, 0.05) is 7.05 Å². The quantitative estimate of drug-likeness (QED) is 0.622. The average Bonchev–Trinajstić information content (AvgIpc) is 3.10. The van der Waals surface area contributed by atoms with Crippen molar-refractivity contribution in [3.63, 3.8) is 0 Å². The number of carbonyl (C=O) groups excluding carboxylic acids is 1. The molecule has 1 aromatic carbocycles. The van der Waals surface area contributed by atoms with Crippen LogP contribution in [0.3, 0.4) is 0 Å². The Labute approximate surface area is 174 Å². The van der Waals surface area contributed by atoms with Crippen molar-refractivity contribution in [1.82, 2.24) is 25.2 Å². The molecule has 156 valence electrons. The molecule has 2 heterocycles. The third-order valence-corrected chi connectivity index (χ3v) is 3.81. The van der Waals surface area contributed by atoms with Gasteiger partial charge in [-0.1, -0.05) is 36.4 Å². The number of benzene rings is 1. The van der Waals surface area contributed by atoms with Gasteiger partial charge in [-0.2, -0.15) is 0 Å². The molecule has 0 unspecified atom stereocenters. The SMILES string of the molecule is Cn1nnnc1/C(=C\OCc1cccc(NC(=O)OC(C)(C)C)n1)c1ccccc1. The Hall–Kier alpha value is -3.75. The van der Waals surface area contributed by atoms with Crippen LogP contribution in [-0.2, 0) is 23.1 Å². The summed E-state index contributed by atoms with van der Waals surface area (Å²) < 4.78 is 12.6. The van der Waals surface area contributed by atoms with E-state index in [0.29, 0.717) is 17.3 Å². The van der Waals surface area contributed by atoms with Crippen LogP contribution in [0.2, 0.25) is 0 Å². The van der Waals surface area contributed by atoms with Gasteiger partial charge < -0.3 is 9.47 Å². The molecule has 0 radical (unpaired) electrons. The number of hydrogen-bond acceptors (Lipinski definition) is 7. The van der Waals surface area contributed by atoms with E-state index in [9.17, 15) is 4.79 Å². The van der Waals surface area contributed by atoms with Gasteiger partial charge in [-0.15, -0.1) is 5.10 Å². The molecule has 0 fully saturated rings. The van der Waals surface area contributed by atoms with Gasteiger partial charge in [0.25, 0.3) is 0 Å². The number of tetrazole rings is 1. The third kappa shape index (κ3) is 5.87. The van der Waals surface area contributed by atoms with Crippen molar-refractivity contribution in [3.8, 4) is 0 Å². The number of nitrogens with zero attached hydrogens (tertiary/aromatic N) is 5. The molecule has 0 bridgehead atoms. The van der Waals surface area contributed by atoms with Crippen LogP contribution in [0.15, 0.2) is 54.8 Å². The van der Waals surface area contributed by atoms with Crippen LogP contribution in [0.1, 0.15) is 37.9 Å². The standard InChI is InChI=1S/C21H24N6O3/c1-21(2,3)30-20(28)23-18-12-8-11-16(22-18)13-29-14-17(15-9-6-5-7-10-15)19-24-25-26-27(19)4/h5-12,14H,13H2,1-4H3,(H,22,23,28)/b17-14-. The molecule has 0 saturated carbocycles.